The zero-order valence-corrected chi connectivity index (χ0v) is 13.9. The molecule has 3 unspecified atom stereocenters. The van der Waals surface area contributed by atoms with E-state index in [9.17, 15) is 4.79 Å². The maximum absolute atomic E-state index is 12.6. The molecule has 3 rings (SSSR count). The second-order valence-corrected chi connectivity index (χ2v) is 6.44. The zero-order valence-electron chi connectivity index (χ0n) is 11.6. The van der Waals surface area contributed by atoms with Gasteiger partial charge in [-0.15, -0.1) is 12.4 Å². The Morgan fingerprint density at radius 1 is 1.38 bits per heavy atom. The Hall–Kier alpha value is -0.480. The Balaban J connectivity index is 0.00000161. The molecule has 1 aliphatic carbocycles. The van der Waals surface area contributed by atoms with Crippen molar-refractivity contribution >= 4 is 41.5 Å². The van der Waals surface area contributed by atoms with Crippen LogP contribution in [0.5, 0.6) is 0 Å². The van der Waals surface area contributed by atoms with Gasteiger partial charge in [0.05, 0.1) is 10.0 Å². The minimum absolute atomic E-state index is 0. The molecule has 1 heterocycles. The van der Waals surface area contributed by atoms with Gasteiger partial charge < -0.3 is 10.6 Å². The molecule has 0 aromatic heterocycles. The van der Waals surface area contributed by atoms with Gasteiger partial charge in [-0.3, -0.25) is 4.79 Å². The molecule has 3 atom stereocenters. The van der Waals surface area contributed by atoms with Crippen molar-refractivity contribution in [1.82, 2.24) is 4.90 Å². The Labute approximate surface area is 141 Å². The van der Waals surface area contributed by atoms with Crippen LogP contribution in [-0.2, 0) is 4.79 Å². The number of hydrogen-bond acceptors (Lipinski definition) is 2. The first kappa shape index (κ1) is 16.9. The van der Waals surface area contributed by atoms with Crippen molar-refractivity contribution in [1.29, 1.82) is 0 Å². The third-order valence-corrected chi connectivity index (χ3v) is 5.25. The number of hydrogen-bond donors (Lipinski definition) is 1. The molecule has 21 heavy (non-hydrogen) atoms. The van der Waals surface area contributed by atoms with Gasteiger partial charge in [0.25, 0.3) is 0 Å². The molecular formula is C15H19Cl3N2O. The van der Waals surface area contributed by atoms with Gasteiger partial charge in [-0.05, 0) is 36.8 Å². The summed E-state index contributed by atoms with van der Waals surface area (Å²) in [5.74, 6) is 0.504. The molecule has 116 valence electrons. The van der Waals surface area contributed by atoms with Crippen molar-refractivity contribution in [2.75, 3.05) is 13.1 Å². The maximum Gasteiger partial charge on any atom is 0.226 e. The lowest BCUT2D eigenvalue weighted by Crippen LogP contribution is -2.40. The summed E-state index contributed by atoms with van der Waals surface area (Å²) in [4.78, 5) is 14.5. The van der Waals surface area contributed by atoms with E-state index in [-0.39, 0.29) is 36.2 Å². The predicted octanol–water partition coefficient (Wildman–Crippen LogP) is 3.47. The maximum atomic E-state index is 12.6. The molecule has 1 saturated carbocycles. The molecule has 0 radical (unpaired) electrons. The van der Waals surface area contributed by atoms with Crippen molar-refractivity contribution in [2.24, 2.45) is 11.7 Å². The average molecular weight is 350 g/mol. The Morgan fingerprint density at radius 3 is 2.86 bits per heavy atom. The quantitative estimate of drug-likeness (QED) is 0.908. The van der Waals surface area contributed by atoms with E-state index >= 15 is 0 Å². The Kier molecular flexibility index (Phi) is 5.42. The first-order valence-corrected chi connectivity index (χ1v) is 7.83. The van der Waals surface area contributed by atoms with Gasteiger partial charge >= 0.3 is 0 Å². The van der Waals surface area contributed by atoms with Gasteiger partial charge in [0, 0.05) is 25.0 Å². The summed E-state index contributed by atoms with van der Waals surface area (Å²) in [5, 5.41) is 1.15. The SMILES string of the molecule is Cl.NCC1CCCN1C(=O)C1CC1c1cccc(Cl)c1Cl. The number of amides is 1. The Bertz CT molecular complexity index is 538. The number of carbonyl (C=O) groups is 1. The summed E-state index contributed by atoms with van der Waals surface area (Å²) < 4.78 is 0. The number of halogens is 3. The van der Waals surface area contributed by atoms with E-state index < -0.39 is 0 Å². The van der Waals surface area contributed by atoms with E-state index in [0.717, 1.165) is 31.4 Å². The first-order chi connectivity index (χ1) is 9.63. The summed E-state index contributed by atoms with van der Waals surface area (Å²) in [6.45, 7) is 1.40. The van der Waals surface area contributed by atoms with E-state index in [1.807, 2.05) is 17.0 Å². The first-order valence-electron chi connectivity index (χ1n) is 7.08. The van der Waals surface area contributed by atoms with Crippen LogP contribution in [0.4, 0.5) is 0 Å². The van der Waals surface area contributed by atoms with Gasteiger partial charge in [0.1, 0.15) is 0 Å². The topological polar surface area (TPSA) is 46.3 Å². The number of likely N-dealkylation sites (tertiary alicyclic amines) is 1. The molecule has 0 bridgehead atoms. The molecular weight excluding hydrogens is 331 g/mol. The third-order valence-electron chi connectivity index (χ3n) is 4.42. The van der Waals surface area contributed by atoms with E-state index in [0.29, 0.717) is 16.6 Å². The molecule has 1 aromatic carbocycles. The largest absolute Gasteiger partial charge is 0.338 e. The van der Waals surface area contributed by atoms with Gasteiger partial charge in [0.15, 0.2) is 0 Å². The lowest BCUT2D eigenvalue weighted by Gasteiger charge is -2.23. The van der Waals surface area contributed by atoms with Crippen molar-refractivity contribution in [3.8, 4) is 0 Å². The van der Waals surface area contributed by atoms with Gasteiger partial charge in [-0.1, -0.05) is 35.3 Å². The molecule has 3 nitrogen and oxygen atoms in total. The highest BCUT2D eigenvalue weighted by atomic mass is 35.5. The van der Waals surface area contributed by atoms with Crippen LogP contribution in [0.1, 0.15) is 30.7 Å². The number of nitrogens with two attached hydrogens (primary N) is 1. The number of rotatable bonds is 3. The van der Waals surface area contributed by atoms with Gasteiger partial charge in [-0.25, -0.2) is 0 Å². The lowest BCUT2D eigenvalue weighted by atomic mass is 10.1. The highest BCUT2D eigenvalue weighted by Gasteiger charge is 2.48. The van der Waals surface area contributed by atoms with Crippen LogP contribution in [0.25, 0.3) is 0 Å². The monoisotopic (exact) mass is 348 g/mol. The minimum atomic E-state index is 0. The molecule has 2 N–H and O–H groups in total. The van der Waals surface area contributed by atoms with E-state index in [1.165, 1.54) is 0 Å². The number of carbonyl (C=O) groups excluding carboxylic acids is 1. The van der Waals surface area contributed by atoms with Gasteiger partial charge in [-0.2, -0.15) is 0 Å². The molecule has 2 fully saturated rings. The smallest absolute Gasteiger partial charge is 0.226 e. The summed E-state index contributed by atoms with van der Waals surface area (Å²) in [5.41, 5.74) is 6.74. The molecule has 1 aliphatic heterocycles. The van der Waals surface area contributed by atoms with Crippen molar-refractivity contribution in [3.63, 3.8) is 0 Å². The standard InChI is InChI=1S/C15H18Cl2N2O.ClH/c16-13-5-1-4-10(14(13)17)11-7-12(11)15(20)19-6-2-3-9(19)8-18;/h1,4-5,9,11-12H,2-3,6-8,18H2;1H. The second kappa shape index (κ2) is 6.74. The number of benzene rings is 1. The predicted molar refractivity (Wildman–Crippen MR) is 88.3 cm³/mol. The zero-order chi connectivity index (χ0) is 14.3. The fraction of sp³-hybridized carbons (Fsp3) is 0.533. The third kappa shape index (κ3) is 3.16. The second-order valence-electron chi connectivity index (χ2n) is 5.66. The fourth-order valence-electron chi connectivity index (χ4n) is 3.20. The van der Waals surface area contributed by atoms with E-state index in [1.54, 1.807) is 6.07 Å². The minimum Gasteiger partial charge on any atom is -0.338 e. The summed E-state index contributed by atoms with van der Waals surface area (Å²) in [7, 11) is 0. The fourth-order valence-corrected chi connectivity index (χ4v) is 3.65. The molecule has 6 heteroatoms. The van der Waals surface area contributed by atoms with E-state index in [4.69, 9.17) is 28.9 Å². The van der Waals surface area contributed by atoms with Crippen LogP contribution in [0.2, 0.25) is 10.0 Å². The molecule has 1 amide bonds. The van der Waals surface area contributed by atoms with Crippen LogP contribution >= 0.6 is 35.6 Å². The number of nitrogens with zero attached hydrogens (tertiary/aromatic N) is 1. The molecule has 0 spiro atoms. The molecule has 2 aliphatic rings. The highest BCUT2D eigenvalue weighted by molar-refractivity contribution is 6.42. The van der Waals surface area contributed by atoms with Crippen molar-refractivity contribution in [2.45, 2.75) is 31.2 Å². The lowest BCUT2D eigenvalue weighted by molar-refractivity contribution is -0.133. The summed E-state index contributed by atoms with van der Waals surface area (Å²) in [6.07, 6.45) is 2.95. The average Bonchev–Trinajstić information content (AvgIpc) is 3.09. The summed E-state index contributed by atoms with van der Waals surface area (Å²) in [6, 6.07) is 5.86. The van der Waals surface area contributed by atoms with Crippen LogP contribution in [0, 0.1) is 5.92 Å². The Morgan fingerprint density at radius 2 is 2.14 bits per heavy atom. The van der Waals surface area contributed by atoms with Crippen molar-refractivity contribution in [3.05, 3.63) is 33.8 Å². The van der Waals surface area contributed by atoms with Gasteiger partial charge in [0.2, 0.25) is 5.91 Å². The normalized spacial score (nSPS) is 27.4. The molecule has 1 aromatic rings. The van der Waals surface area contributed by atoms with Crippen LogP contribution in [0.3, 0.4) is 0 Å². The highest BCUT2D eigenvalue weighted by Crippen LogP contribution is 2.51. The van der Waals surface area contributed by atoms with E-state index in [2.05, 4.69) is 0 Å². The van der Waals surface area contributed by atoms with Crippen LogP contribution in [-0.4, -0.2) is 29.9 Å². The molecule has 1 saturated heterocycles. The van der Waals surface area contributed by atoms with Crippen LogP contribution < -0.4 is 5.73 Å². The van der Waals surface area contributed by atoms with Crippen molar-refractivity contribution < 1.29 is 4.79 Å². The van der Waals surface area contributed by atoms with Crippen LogP contribution in [0.15, 0.2) is 18.2 Å². The summed E-state index contributed by atoms with van der Waals surface area (Å²) >= 11 is 12.3.